The number of amides is 1. The fourth-order valence-corrected chi connectivity index (χ4v) is 4.65. The van der Waals surface area contributed by atoms with Crippen LogP contribution in [0.1, 0.15) is 58.3 Å². The van der Waals surface area contributed by atoms with Crippen LogP contribution in [-0.2, 0) is 28.9 Å². The van der Waals surface area contributed by atoms with Gasteiger partial charge in [-0.1, -0.05) is 6.92 Å². The number of aromatic nitrogens is 2. The van der Waals surface area contributed by atoms with E-state index in [1.165, 1.54) is 19.2 Å². The molecule has 1 N–H and O–H groups in total. The summed E-state index contributed by atoms with van der Waals surface area (Å²) in [4.78, 5) is 25.3. The van der Waals surface area contributed by atoms with E-state index in [-0.39, 0.29) is 29.2 Å². The van der Waals surface area contributed by atoms with Gasteiger partial charge in [0, 0.05) is 38.8 Å². The van der Waals surface area contributed by atoms with Crippen LogP contribution in [-0.4, -0.2) is 55.1 Å². The van der Waals surface area contributed by atoms with Crippen LogP contribution in [0.15, 0.2) is 18.2 Å². The Labute approximate surface area is 192 Å². The summed E-state index contributed by atoms with van der Waals surface area (Å²) in [6, 6.07) is 3.70. The standard InChI is InChI=1S/C24H30FN3O5/c1-3-18-21-19(14-24(15-26-22(21)29)7-11-32-12-8-24)28(27-18)9-4-10-33-23(30)17-6-5-16(25)13-20(17)31-2/h5-6,13H,3-4,7-12,14-15H2,1-2H3,(H,26,29). The van der Waals surface area contributed by atoms with Crippen molar-refractivity contribution in [2.24, 2.45) is 5.41 Å². The highest BCUT2D eigenvalue weighted by atomic mass is 19.1. The summed E-state index contributed by atoms with van der Waals surface area (Å²) in [5.41, 5.74) is 2.59. The van der Waals surface area contributed by atoms with Gasteiger partial charge in [-0.15, -0.1) is 0 Å². The number of benzene rings is 1. The van der Waals surface area contributed by atoms with Gasteiger partial charge in [0.25, 0.3) is 5.91 Å². The molecule has 33 heavy (non-hydrogen) atoms. The molecule has 9 heteroatoms. The van der Waals surface area contributed by atoms with Gasteiger partial charge in [0.05, 0.1) is 30.7 Å². The van der Waals surface area contributed by atoms with E-state index in [2.05, 4.69) is 5.32 Å². The lowest BCUT2D eigenvalue weighted by Crippen LogP contribution is -2.40. The van der Waals surface area contributed by atoms with Gasteiger partial charge in [-0.2, -0.15) is 5.10 Å². The number of esters is 1. The molecule has 0 saturated carbocycles. The average Bonchev–Trinajstić information content (AvgIpc) is 3.10. The van der Waals surface area contributed by atoms with Crippen LogP contribution in [0, 0.1) is 11.2 Å². The molecule has 0 radical (unpaired) electrons. The SMILES string of the molecule is CCc1nn(CCCOC(=O)c2ccc(F)cc2OC)c2c1C(=O)NCC1(CCOCC1)C2. The maximum Gasteiger partial charge on any atom is 0.341 e. The Morgan fingerprint density at radius 3 is 2.85 bits per heavy atom. The average molecular weight is 460 g/mol. The number of hydrogen-bond acceptors (Lipinski definition) is 6. The topological polar surface area (TPSA) is 91.7 Å². The molecule has 1 spiro atoms. The van der Waals surface area contributed by atoms with Gasteiger partial charge in [0.15, 0.2) is 0 Å². The highest BCUT2D eigenvalue weighted by molar-refractivity contribution is 5.97. The van der Waals surface area contributed by atoms with Crippen molar-refractivity contribution in [3.8, 4) is 5.75 Å². The van der Waals surface area contributed by atoms with E-state index in [9.17, 15) is 14.0 Å². The molecule has 1 saturated heterocycles. The van der Waals surface area contributed by atoms with E-state index in [0.717, 1.165) is 36.7 Å². The second-order valence-electron chi connectivity index (χ2n) is 8.65. The number of rotatable bonds is 7. The van der Waals surface area contributed by atoms with E-state index in [1.54, 1.807) is 0 Å². The molecule has 0 aliphatic carbocycles. The van der Waals surface area contributed by atoms with E-state index in [1.807, 2.05) is 11.6 Å². The van der Waals surface area contributed by atoms with Crippen LogP contribution in [0.25, 0.3) is 0 Å². The third-order valence-electron chi connectivity index (χ3n) is 6.54. The molecule has 8 nitrogen and oxygen atoms in total. The number of methoxy groups -OCH3 is 1. The molecule has 3 heterocycles. The van der Waals surface area contributed by atoms with E-state index < -0.39 is 11.8 Å². The number of carbonyl (C=O) groups is 2. The molecular weight excluding hydrogens is 429 g/mol. The molecule has 2 aliphatic rings. The van der Waals surface area contributed by atoms with Crippen molar-refractivity contribution in [1.82, 2.24) is 15.1 Å². The van der Waals surface area contributed by atoms with Crippen molar-refractivity contribution in [2.45, 2.75) is 45.6 Å². The minimum atomic E-state index is -0.569. The normalized spacial score (nSPS) is 17.2. The number of hydrogen-bond donors (Lipinski definition) is 1. The Balaban J connectivity index is 1.45. The number of nitrogens with one attached hydrogen (secondary N) is 1. The van der Waals surface area contributed by atoms with Gasteiger partial charge in [0.1, 0.15) is 17.1 Å². The van der Waals surface area contributed by atoms with Crippen molar-refractivity contribution < 1.29 is 28.2 Å². The van der Waals surface area contributed by atoms with E-state index in [0.29, 0.717) is 44.7 Å². The Kier molecular flexibility index (Phi) is 6.97. The fraction of sp³-hybridized carbons (Fsp3) is 0.542. The summed E-state index contributed by atoms with van der Waals surface area (Å²) >= 11 is 0. The van der Waals surface area contributed by atoms with E-state index >= 15 is 0 Å². The summed E-state index contributed by atoms with van der Waals surface area (Å²) in [6.07, 6.45) is 3.76. The van der Waals surface area contributed by atoms with Gasteiger partial charge in [0.2, 0.25) is 0 Å². The summed E-state index contributed by atoms with van der Waals surface area (Å²) in [6.45, 7) is 4.72. The predicted octanol–water partition coefficient (Wildman–Crippen LogP) is 2.92. The van der Waals surface area contributed by atoms with Gasteiger partial charge < -0.3 is 19.5 Å². The Hall–Kier alpha value is -2.94. The highest BCUT2D eigenvalue weighted by Crippen LogP contribution is 2.37. The maximum atomic E-state index is 13.4. The molecule has 2 aliphatic heterocycles. The second-order valence-corrected chi connectivity index (χ2v) is 8.65. The zero-order chi connectivity index (χ0) is 23.4. The molecule has 1 aromatic carbocycles. The molecule has 0 unspecified atom stereocenters. The summed E-state index contributed by atoms with van der Waals surface area (Å²) in [5.74, 6) is -0.981. The first kappa shape index (κ1) is 23.2. The molecular formula is C24H30FN3O5. The van der Waals surface area contributed by atoms with Gasteiger partial charge in [-0.3, -0.25) is 9.48 Å². The van der Waals surface area contributed by atoms with Crippen LogP contribution in [0.2, 0.25) is 0 Å². The molecule has 0 atom stereocenters. The first-order chi connectivity index (χ1) is 16.0. The van der Waals surface area contributed by atoms with Crippen LogP contribution < -0.4 is 10.1 Å². The molecule has 178 valence electrons. The van der Waals surface area contributed by atoms with E-state index in [4.69, 9.17) is 19.3 Å². The lowest BCUT2D eigenvalue weighted by molar-refractivity contribution is 0.0152. The van der Waals surface area contributed by atoms with Gasteiger partial charge in [-0.05, 0) is 43.2 Å². The summed E-state index contributed by atoms with van der Waals surface area (Å²) in [5, 5.41) is 7.82. The summed E-state index contributed by atoms with van der Waals surface area (Å²) in [7, 11) is 1.38. The third-order valence-corrected chi connectivity index (χ3v) is 6.54. The monoisotopic (exact) mass is 459 g/mol. The Morgan fingerprint density at radius 2 is 2.12 bits per heavy atom. The minimum Gasteiger partial charge on any atom is -0.496 e. The maximum absolute atomic E-state index is 13.4. The zero-order valence-corrected chi connectivity index (χ0v) is 19.1. The number of ether oxygens (including phenoxy) is 3. The molecule has 0 bridgehead atoms. The number of halogens is 1. The zero-order valence-electron chi connectivity index (χ0n) is 19.1. The Bertz CT molecular complexity index is 1030. The van der Waals surface area contributed by atoms with Crippen molar-refractivity contribution >= 4 is 11.9 Å². The van der Waals surface area contributed by atoms with Gasteiger partial charge >= 0.3 is 5.97 Å². The lowest BCUT2D eigenvalue weighted by Gasteiger charge is -2.36. The first-order valence-electron chi connectivity index (χ1n) is 11.4. The van der Waals surface area contributed by atoms with Gasteiger partial charge in [-0.25, -0.2) is 9.18 Å². The minimum absolute atomic E-state index is 0.0203. The van der Waals surface area contributed by atoms with Crippen LogP contribution in [0.5, 0.6) is 5.75 Å². The number of nitrogens with zero attached hydrogens (tertiary/aromatic N) is 2. The fourth-order valence-electron chi connectivity index (χ4n) is 4.65. The molecule has 1 aromatic heterocycles. The van der Waals surface area contributed by atoms with Crippen LogP contribution in [0.4, 0.5) is 4.39 Å². The second kappa shape index (κ2) is 9.91. The smallest absolute Gasteiger partial charge is 0.341 e. The highest BCUT2D eigenvalue weighted by Gasteiger charge is 2.39. The first-order valence-corrected chi connectivity index (χ1v) is 11.4. The summed E-state index contributed by atoms with van der Waals surface area (Å²) < 4.78 is 31.3. The molecule has 1 amide bonds. The number of aryl methyl sites for hydroxylation is 2. The third kappa shape index (κ3) is 4.88. The van der Waals surface area contributed by atoms with Crippen molar-refractivity contribution in [2.75, 3.05) is 33.5 Å². The largest absolute Gasteiger partial charge is 0.496 e. The number of fused-ring (bicyclic) bond motifs is 1. The lowest BCUT2D eigenvalue weighted by atomic mass is 9.76. The van der Waals surface area contributed by atoms with Crippen molar-refractivity contribution in [1.29, 1.82) is 0 Å². The predicted molar refractivity (Wildman–Crippen MR) is 118 cm³/mol. The number of carbonyl (C=O) groups excluding carboxylic acids is 2. The molecule has 1 fully saturated rings. The molecule has 4 rings (SSSR count). The van der Waals surface area contributed by atoms with Crippen LogP contribution in [0.3, 0.4) is 0 Å². The Morgan fingerprint density at radius 1 is 1.33 bits per heavy atom. The van der Waals surface area contributed by atoms with Crippen molar-refractivity contribution in [3.05, 3.63) is 46.5 Å². The van der Waals surface area contributed by atoms with Crippen molar-refractivity contribution in [3.63, 3.8) is 0 Å². The molecule has 2 aromatic rings. The quantitative estimate of drug-likeness (QED) is 0.506. The van der Waals surface area contributed by atoms with Crippen LogP contribution >= 0.6 is 0 Å².